The van der Waals surface area contributed by atoms with Gasteiger partial charge in [-0.05, 0) is 25.5 Å². The van der Waals surface area contributed by atoms with Crippen LogP contribution in [0.5, 0.6) is 5.75 Å². The Morgan fingerprint density at radius 1 is 1.38 bits per heavy atom. The van der Waals surface area contributed by atoms with Gasteiger partial charge in [-0.25, -0.2) is 9.37 Å². The Hall–Kier alpha value is -1.42. The number of hydrogen-bond donors (Lipinski definition) is 0. The van der Waals surface area contributed by atoms with Crippen LogP contribution in [-0.4, -0.2) is 4.98 Å². The van der Waals surface area contributed by atoms with Gasteiger partial charge >= 0.3 is 0 Å². The van der Waals surface area contributed by atoms with Crippen molar-refractivity contribution >= 4 is 11.3 Å². The van der Waals surface area contributed by atoms with E-state index in [1.807, 2.05) is 13.8 Å². The minimum Gasteiger partial charge on any atom is -0.488 e. The van der Waals surface area contributed by atoms with E-state index < -0.39 is 0 Å². The van der Waals surface area contributed by atoms with Gasteiger partial charge in [-0.1, -0.05) is 6.07 Å². The van der Waals surface area contributed by atoms with Gasteiger partial charge in [-0.15, -0.1) is 11.3 Å². The summed E-state index contributed by atoms with van der Waals surface area (Å²) in [7, 11) is 0. The second kappa shape index (κ2) is 4.61. The summed E-state index contributed by atoms with van der Waals surface area (Å²) in [5, 5.41) is 1.01. The van der Waals surface area contributed by atoms with Crippen molar-refractivity contribution in [1.29, 1.82) is 0 Å². The van der Waals surface area contributed by atoms with Crippen LogP contribution in [0.3, 0.4) is 0 Å². The fourth-order valence-corrected chi connectivity index (χ4v) is 2.06. The van der Waals surface area contributed by atoms with Crippen LogP contribution in [0.4, 0.5) is 4.39 Å². The standard InChI is InChI=1S/C12H12FNOS/c1-8-3-4-10(13)5-12(8)15-7-11-6-14-9(2)16-11/h3-6H,7H2,1-2H3. The van der Waals surface area contributed by atoms with Gasteiger partial charge < -0.3 is 4.74 Å². The molecule has 84 valence electrons. The van der Waals surface area contributed by atoms with Crippen molar-refractivity contribution in [3.05, 3.63) is 45.7 Å². The van der Waals surface area contributed by atoms with Crippen LogP contribution in [0.2, 0.25) is 0 Å². The Balaban J connectivity index is 2.07. The molecule has 0 atom stereocenters. The summed E-state index contributed by atoms with van der Waals surface area (Å²) in [4.78, 5) is 5.18. The first kappa shape index (κ1) is 11.1. The quantitative estimate of drug-likeness (QED) is 0.815. The maximum Gasteiger partial charge on any atom is 0.126 e. The van der Waals surface area contributed by atoms with Crippen LogP contribution in [0.15, 0.2) is 24.4 Å². The zero-order valence-corrected chi connectivity index (χ0v) is 9.97. The average Bonchev–Trinajstić information content (AvgIpc) is 2.66. The molecular formula is C12H12FNOS. The number of aryl methyl sites for hydroxylation is 2. The lowest BCUT2D eigenvalue weighted by molar-refractivity contribution is 0.305. The molecule has 16 heavy (non-hydrogen) atoms. The second-order valence-electron chi connectivity index (χ2n) is 3.54. The van der Waals surface area contributed by atoms with E-state index >= 15 is 0 Å². The molecule has 0 aliphatic carbocycles. The molecule has 0 fully saturated rings. The molecule has 2 aromatic rings. The third-order valence-corrected chi connectivity index (χ3v) is 3.08. The number of nitrogens with zero attached hydrogens (tertiary/aromatic N) is 1. The molecule has 1 heterocycles. The highest BCUT2D eigenvalue weighted by Gasteiger charge is 2.03. The molecule has 0 N–H and O–H groups in total. The first-order chi connectivity index (χ1) is 7.65. The maximum absolute atomic E-state index is 13.0. The van der Waals surface area contributed by atoms with E-state index in [1.54, 1.807) is 23.6 Å². The predicted octanol–water partition coefficient (Wildman–Crippen LogP) is 3.48. The van der Waals surface area contributed by atoms with E-state index in [4.69, 9.17) is 4.74 Å². The zero-order valence-electron chi connectivity index (χ0n) is 9.16. The van der Waals surface area contributed by atoms with Crippen LogP contribution < -0.4 is 4.74 Å². The van der Waals surface area contributed by atoms with Gasteiger partial charge in [0.15, 0.2) is 0 Å². The molecule has 0 saturated heterocycles. The second-order valence-corrected chi connectivity index (χ2v) is 4.86. The average molecular weight is 237 g/mol. The Morgan fingerprint density at radius 2 is 2.19 bits per heavy atom. The van der Waals surface area contributed by atoms with Gasteiger partial charge in [0, 0.05) is 12.3 Å². The molecule has 0 spiro atoms. The summed E-state index contributed by atoms with van der Waals surface area (Å²) in [5.74, 6) is 0.312. The van der Waals surface area contributed by atoms with Crippen LogP contribution in [0, 0.1) is 19.7 Å². The summed E-state index contributed by atoms with van der Waals surface area (Å²) < 4.78 is 18.5. The minimum absolute atomic E-state index is 0.277. The molecular weight excluding hydrogens is 225 g/mol. The van der Waals surface area contributed by atoms with Gasteiger partial charge in [-0.2, -0.15) is 0 Å². The molecule has 0 amide bonds. The summed E-state index contributed by atoms with van der Waals surface area (Å²) in [6.07, 6.45) is 1.79. The number of ether oxygens (including phenoxy) is 1. The number of aromatic nitrogens is 1. The highest BCUT2D eigenvalue weighted by molar-refractivity contribution is 7.11. The van der Waals surface area contributed by atoms with Gasteiger partial charge in [0.2, 0.25) is 0 Å². The van der Waals surface area contributed by atoms with E-state index in [0.717, 1.165) is 15.4 Å². The molecule has 1 aromatic carbocycles. The lowest BCUT2D eigenvalue weighted by atomic mass is 10.2. The molecule has 0 unspecified atom stereocenters. The monoisotopic (exact) mass is 237 g/mol. The molecule has 2 rings (SSSR count). The molecule has 0 saturated carbocycles. The summed E-state index contributed by atoms with van der Waals surface area (Å²) in [6.45, 7) is 4.28. The first-order valence-corrected chi connectivity index (χ1v) is 5.77. The lowest BCUT2D eigenvalue weighted by Crippen LogP contribution is -1.95. The van der Waals surface area contributed by atoms with Gasteiger partial charge in [0.05, 0.1) is 9.88 Å². The lowest BCUT2D eigenvalue weighted by Gasteiger charge is -2.07. The highest BCUT2D eigenvalue weighted by atomic mass is 32.1. The van der Waals surface area contributed by atoms with Crippen molar-refractivity contribution in [2.24, 2.45) is 0 Å². The molecule has 0 radical (unpaired) electrons. The largest absolute Gasteiger partial charge is 0.488 e. The van der Waals surface area contributed by atoms with Crippen LogP contribution in [-0.2, 0) is 6.61 Å². The Morgan fingerprint density at radius 3 is 2.88 bits per heavy atom. The zero-order chi connectivity index (χ0) is 11.5. The van der Waals surface area contributed by atoms with Gasteiger partial charge in [0.25, 0.3) is 0 Å². The van der Waals surface area contributed by atoms with Crippen molar-refractivity contribution in [2.75, 3.05) is 0 Å². The first-order valence-electron chi connectivity index (χ1n) is 4.95. The summed E-state index contributed by atoms with van der Waals surface area (Å²) in [5.41, 5.74) is 0.933. The normalized spacial score (nSPS) is 10.4. The number of halogens is 1. The van der Waals surface area contributed by atoms with Crippen molar-refractivity contribution in [1.82, 2.24) is 4.98 Å². The molecule has 0 bridgehead atoms. The van der Waals surface area contributed by atoms with E-state index in [1.165, 1.54) is 12.1 Å². The highest BCUT2D eigenvalue weighted by Crippen LogP contribution is 2.21. The van der Waals surface area contributed by atoms with E-state index in [-0.39, 0.29) is 5.82 Å². The van der Waals surface area contributed by atoms with Crippen molar-refractivity contribution in [3.8, 4) is 5.75 Å². The topological polar surface area (TPSA) is 22.1 Å². The van der Waals surface area contributed by atoms with Crippen molar-refractivity contribution in [3.63, 3.8) is 0 Å². The minimum atomic E-state index is -0.277. The molecule has 1 aromatic heterocycles. The fourth-order valence-electron chi connectivity index (χ4n) is 1.35. The van der Waals surface area contributed by atoms with E-state index in [9.17, 15) is 4.39 Å². The van der Waals surface area contributed by atoms with E-state index in [2.05, 4.69) is 4.98 Å². The maximum atomic E-state index is 13.0. The number of rotatable bonds is 3. The molecule has 2 nitrogen and oxygen atoms in total. The SMILES string of the molecule is Cc1ncc(COc2cc(F)ccc2C)s1. The predicted molar refractivity (Wildman–Crippen MR) is 62.3 cm³/mol. The molecule has 4 heteroatoms. The third kappa shape index (κ3) is 2.58. The third-order valence-electron chi connectivity index (χ3n) is 2.19. The smallest absolute Gasteiger partial charge is 0.126 e. The van der Waals surface area contributed by atoms with Crippen LogP contribution in [0.25, 0.3) is 0 Å². The van der Waals surface area contributed by atoms with Crippen LogP contribution >= 0.6 is 11.3 Å². The van der Waals surface area contributed by atoms with Gasteiger partial charge in [0.1, 0.15) is 18.2 Å². The van der Waals surface area contributed by atoms with Crippen LogP contribution in [0.1, 0.15) is 15.4 Å². The summed E-state index contributed by atoms with van der Waals surface area (Å²) >= 11 is 1.59. The fraction of sp³-hybridized carbons (Fsp3) is 0.250. The van der Waals surface area contributed by atoms with Crippen molar-refractivity contribution in [2.45, 2.75) is 20.5 Å². The Kier molecular flexibility index (Phi) is 3.19. The Labute approximate surface area is 97.7 Å². The number of thiazole rings is 1. The van der Waals surface area contributed by atoms with Gasteiger partial charge in [-0.3, -0.25) is 0 Å². The summed E-state index contributed by atoms with van der Waals surface area (Å²) in [6, 6.07) is 4.55. The number of benzene rings is 1. The van der Waals surface area contributed by atoms with Crippen molar-refractivity contribution < 1.29 is 9.13 Å². The number of hydrogen-bond acceptors (Lipinski definition) is 3. The molecule has 0 aliphatic heterocycles. The Bertz CT molecular complexity index is 496. The van der Waals surface area contributed by atoms with E-state index in [0.29, 0.717) is 12.4 Å². The molecule has 0 aliphatic rings.